The van der Waals surface area contributed by atoms with E-state index in [1.54, 1.807) is 0 Å². The molecule has 0 amide bonds. The Labute approximate surface area is 159 Å². The number of carboxylic acid groups (broad SMARTS) is 1. The van der Waals surface area contributed by atoms with Crippen molar-refractivity contribution in [3.63, 3.8) is 0 Å². The zero-order chi connectivity index (χ0) is 20.8. The summed E-state index contributed by atoms with van der Waals surface area (Å²) in [5.74, 6) is -0.781. The first-order chi connectivity index (χ1) is 12.2. The third-order valence-electron chi connectivity index (χ3n) is 6.59. The lowest BCUT2D eigenvalue weighted by atomic mass is 9.60. The molecule has 0 unspecified atom stereocenters. The molecule has 0 aromatic carbocycles. The van der Waals surface area contributed by atoms with Gasteiger partial charge in [0.1, 0.15) is 0 Å². The minimum absolute atomic E-state index is 0.000867. The second-order valence-electron chi connectivity index (χ2n) is 9.28. The SMILES string of the molecule is CC(C)C[C@@H](N)B1O[C@H]2C[C@H]3CC[C@@H](C3(C)C)[C@]2(C)O1.O=C(O)C(F)(F)F. The van der Waals surface area contributed by atoms with E-state index in [0.29, 0.717) is 17.3 Å². The predicted octanol–water partition coefficient (Wildman–Crippen LogP) is 3.65. The summed E-state index contributed by atoms with van der Waals surface area (Å²) in [7, 11) is -0.206. The van der Waals surface area contributed by atoms with Gasteiger partial charge in [-0.25, -0.2) is 4.79 Å². The fraction of sp³-hybridized carbons (Fsp3) is 0.944. The van der Waals surface area contributed by atoms with E-state index in [-0.39, 0.29) is 24.8 Å². The molecule has 0 spiro atoms. The smallest absolute Gasteiger partial charge is 0.475 e. The lowest BCUT2D eigenvalue weighted by molar-refractivity contribution is -0.192. The van der Waals surface area contributed by atoms with Gasteiger partial charge in [0, 0.05) is 5.94 Å². The molecule has 2 bridgehead atoms. The molecule has 3 fully saturated rings. The Hall–Kier alpha value is -0.795. The maximum absolute atomic E-state index is 10.6. The molecule has 156 valence electrons. The van der Waals surface area contributed by atoms with Crippen molar-refractivity contribution in [1.29, 1.82) is 0 Å². The molecule has 0 radical (unpaired) electrons. The number of carbonyl (C=O) groups is 1. The van der Waals surface area contributed by atoms with Crippen LogP contribution in [0, 0.1) is 23.2 Å². The van der Waals surface area contributed by atoms with Crippen molar-refractivity contribution in [3.05, 3.63) is 0 Å². The molecule has 0 aromatic rings. The summed E-state index contributed by atoms with van der Waals surface area (Å²) in [6, 6.07) is 0. The van der Waals surface area contributed by atoms with Gasteiger partial charge in [-0.15, -0.1) is 0 Å². The molecule has 0 aromatic heterocycles. The van der Waals surface area contributed by atoms with E-state index in [1.165, 1.54) is 12.8 Å². The van der Waals surface area contributed by atoms with Crippen LogP contribution in [0.2, 0.25) is 0 Å². The van der Waals surface area contributed by atoms with Crippen molar-refractivity contribution in [1.82, 2.24) is 0 Å². The molecule has 1 saturated heterocycles. The number of aliphatic carboxylic acids is 1. The van der Waals surface area contributed by atoms with Gasteiger partial charge in [-0.3, -0.25) is 0 Å². The highest BCUT2D eigenvalue weighted by atomic mass is 19.4. The van der Waals surface area contributed by atoms with Crippen LogP contribution in [0.3, 0.4) is 0 Å². The molecular weight excluding hydrogens is 362 g/mol. The lowest BCUT2D eigenvalue weighted by Crippen LogP contribution is -2.54. The van der Waals surface area contributed by atoms with Crippen molar-refractivity contribution in [2.75, 3.05) is 0 Å². The summed E-state index contributed by atoms with van der Waals surface area (Å²) in [5, 5.41) is 7.12. The van der Waals surface area contributed by atoms with Gasteiger partial charge < -0.3 is 20.1 Å². The summed E-state index contributed by atoms with van der Waals surface area (Å²) >= 11 is 0. The Morgan fingerprint density at radius 2 is 1.85 bits per heavy atom. The van der Waals surface area contributed by atoms with E-state index in [9.17, 15) is 13.2 Å². The van der Waals surface area contributed by atoms with E-state index < -0.39 is 12.1 Å². The topological polar surface area (TPSA) is 81.8 Å². The Balaban J connectivity index is 0.000000321. The van der Waals surface area contributed by atoms with E-state index in [4.69, 9.17) is 24.9 Å². The van der Waals surface area contributed by atoms with Crippen LogP contribution < -0.4 is 5.73 Å². The standard InChI is InChI=1S/C16H30BNO2.C2HF3O2/c1-10(2)8-14(18)17-19-13-9-11-6-7-12(15(11,3)4)16(13,5)20-17;3-2(4,5)1(6)7/h10-14H,6-9,18H2,1-5H3;(H,6,7)/t11-,12+,13+,14-,16+;/m1./s1. The number of nitrogens with two attached hydrogens (primary N) is 1. The molecule has 3 N–H and O–H groups in total. The minimum Gasteiger partial charge on any atom is -0.475 e. The Morgan fingerprint density at radius 3 is 2.33 bits per heavy atom. The normalized spacial score (nSPS) is 35.5. The molecular formula is C18H31BF3NO4. The molecule has 2 saturated carbocycles. The monoisotopic (exact) mass is 393 g/mol. The maximum Gasteiger partial charge on any atom is 0.490 e. The molecule has 3 rings (SSSR count). The summed E-state index contributed by atoms with van der Waals surface area (Å²) in [4.78, 5) is 8.90. The van der Waals surface area contributed by atoms with Gasteiger partial charge in [0.25, 0.3) is 0 Å². The summed E-state index contributed by atoms with van der Waals surface area (Å²) in [5.41, 5.74) is 6.56. The van der Waals surface area contributed by atoms with Crippen LogP contribution in [-0.4, -0.2) is 42.0 Å². The van der Waals surface area contributed by atoms with Crippen LogP contribution in [0.25, 0.3) is 0 Å². The zero-order valence-corrected chi connectivity index (χ0v) is 16.7. The molecule has 1 aliphatic heterocycles. The van der Waals surface area contributed by atoms with Gasteiger partial charge in [-0.2, -0.15) is 13.2 Å². The zero-order valence-electron chi connectivity index (χ0n) is 16.7. The van der Waals surface area contributed by atoms with Crippen LogP contribution in [0.4, 0.5) is 13.2 Å². The predicted molar refractivity (Wildman–Crippen MR) is 95.9 cm³/mol. The largest absolute Gasteiger partial charge is 0.490 e. The number of rotatable bonds is 3. The molecule has 5 nitrogen and oxygen atoms in total. The quantitative estimate of drug-likeness (QED) is 0.716. The fourth-order valence-electron chi connectivity index (χ4n) is 5.19. The van der Waals surface area contributed by atoms with E-state index in [1.807, 2.05) is 0 Å². The summed E-state index contributed by atoms with van der Waals surface area (Å²) in [6.45, 7) is 11.5. The molecule has 9 heteroatoms. The molecule has 1 heterocycles. The molecule has 3 aliphatic rings. The van der Waals surface area contributed by atoms with Crippen LogP contribution in [0.5, 0.6) is 0 Å². The van der Waals surface area contributed by atoms with Crippen LogP contribution in [0.15, 0.2) is 0 Å². The first-order valence-corrected chi connectivity index (χ1v) is 9.58. The Bertz CT molecular complexity index is 557. The van der Waals surface area contributed by atoms with Crippen LogP contribution in [-0.2, 0) is 14.1 Å². The lowest BCUT2D eigenvalue weighted by Gasteiger charge is -2.50. The maximum atomic E-state index is 10.6. The van der Waals surface area contributed by atoms with E-state index in [2.05, 4.69) is 34.6 Å². The van der Waals surface area contributed by atoms with Crippen LogP contribution >= 0.6 is 0 Å². The number of fused-ring (bicyclic) bond motifs is 4. The van der Waals surface area contributed by atoms with Gasteiger partial charge in [-0.05, 0) is 55.8 Å². The Morgan fingerprint density at radius 1 is 1.30 bits per heavy atom. The highest BCUT2D eigenvalue weighted by Gasteiger charge is 2.64. The average Bonchev–Trinajstić information content (AvgIpc) is 2.92. The van der Waals surface area contributed by atoms with Crippen molar-refractivity contribution in [2.45, 2.75) is 84.1 Å². The second-order valence-corrected chi connectivity index (χ2v) is 9.28. The summed E-state index contributed by atoms with van der Waals surface area (Å²) < 4.78 is 44.4. The van der Waals surface area contributed by atoms with Crippen molar-refractivity contribution < 1.29 is 32.4 Å². The number of hydrogen-bond acceptors (Lipinski definition) is 4. The third kappa shape index (κ3) is 4.45. The minimum atomic E-state index is -5.08. The molecule has 27 heavy (non-hydrogen) atoms. The summed E-state index contributed by atoms with van der Waals surface area (Å²) in [6.07, 6.45) is -0.119. The van der Waals surface area contributed by atoms with E-state index >= 15 is 0 Å². The number of halogens is 3. The van der Waals surface area contributed by atoms with Crippen LogP contribution in [0.1, 0.15) is 60.3 Å². The van der Waals surface area contributed by atoms with Crippen molar-refractivity contribution in [3.8, 4) is 0 Å². The first kappa shape index (κ1) is 22.5. The first-order valence-electron chi connectivity index (χ1n) is 9.58. The Kier molecular flexibility index (Phi) is 6.30. The fourth-order valence-corrected chi connectivity index (χ4v) is 5.19. The van der Waals surface area contributed by atoms with Gasteiger partial charge >= 0.3 is 19.3 Å². The highest BCUT2D eigenvalue weighted by molar-refractivity contribution is 6.47. The number of hydrogen-bond donors (Lipinski definition) is 2. The van der Waals surface area contributed by atoms with Crippen molar-refractivity contribution in [2.24, 2.45) is 28.9 Å². The number of carboxylic acids is 1. The highest BCUT2D eigenvalue weighted by Crippen LogP contribution is 2.62. The van der Waals surface area contributed by atoms with Crippen molar-refractivity contribution >= 4 is 13.1 Å². The molecule has 2 aliphatic carbocycles. The second kappa shape index (κ2) is 7.56. The van der Waals surface area contributed by atoms with Gasteiger partial charge in [0.15, 0.2) is 0 Å². The number of alkyl halides is 3. The third-order valence-corrected chi connectivity index (χ3v) is 6.59. The van der Waals surface area contributed by atoms with E-state index in [0.717, 1.165) is 18.8 Å². The van der Waals surface area contributed by atoms with Gasteiger partial charge in [0.2, 0.25) is 0 Å². The molecule has 5 atom stereocenters. The average molecular weight is 393 g/mol. The van der Waals surface area contributed by atoms with Gasteiger partial charge in [0.05, 0.1) is 11.7 Å². The van der Waals surface area contributed by atoms with Gasteiger partial charge in [-0.1, -0.05) is 27.7 Å².